The SMILES string of the molecule is CC(=O)[C@]1(C)CC[C@H]2C(C)(C)[C@@H]3C[C@@]21CC=C3C. The molecule has 3 rings (SSSR count). The van der Waals surface area contributed by atoms with Crippen molar-refractivity contribution >= 4 is 5.78 Å². The number of rotatable bonds is 1. The standard InChI is InChI=1S/C17H26O/c1-11-6-9-17-10-13(11)15(3,4)14(17)7-8-16(17,5)12(2)18/h6,13-14H,7-10H2,1-5H3/t13-,14+,16+,17+/m1/s1. The van der Waals surface area contributed by atoms with Crippen LogP contribution in [0, 0.1) is 28.1 Å². The van der Waals surface area contributed by atoms with E-state index in [9.17, 15) is 4.79 Å². The van der Waals surface area contributed by atoms with Gasteiger partial charge in [0.25, 0.3) is 0 Å². The second-order valence-corrected chi connectivity index (χ2v) is 7.87. The molecule has 0 aromatic heterocycles. The molecule has 0 radical (unpaired) electrons. The lowest BCUT2D eigenvalue weighted by Gasteiger charge is -2.44. The molecule has 4 atom stereocenters. The van der Waals surface area contributed by atoms with Crippen molar-refractivity contribution in [3.63, 3.8) is 0 Å². The summed E-state index contributed by atoms with van der Waals surface area (Å²) in [5.41, 5.74) is 2.16. The third-order valence-corrected chi connectivity index (χ3v) is 7.18. The van der Waals surface area contributed by atoms with Gasteiger partial charge in [0.2, 0.25) is 0 Å². The minimum absolute atomic E-state index is 0.0686. The van der Waals surface area contributed by atoms with E-state index in [-0.39, 0.29) is 10.8 Å². The van der Waals surface area contributed by atoms with E-state index in [1.54, 1.807) is 5.57 Å². The number of hydrogen-bond acceptors (Lipinski definition) is 1. The average molecular weight is 246 g/mol. The highest BCUT2D eigenvalue weighted by molar-refractivity contribution is 5.83. The summed E-state index contributed by atoms with van der Waals surface area (Å²) in [6.07, 6.45) is 7.20. The first-order chi connectivity index (χ1) is 8.26. The molecule has 3 aliphatic carbocycles. The molecule has 0 heterocycles. The number of fused-ring (bicyclic) bond motifs is 1. The van der Waals surface area contributed by atoms with Gasteiger partial charge in [-0.15, -0.1) is 0 Å². The Hall–Kier alpha value is -0.590. The molecule has 2 saturated carbocycles. The van der Waals surface area contributed by atoms with E-state index in [0.717, 1.165) is 18.8 Å². The van der Waals surface area contributed by atoms with Crippen LogP contribution in [0.4, 0.5) is 0 Å². The summed E-state index contributed by atoms with van der Waals surface area (Å²) < 4.78 is 0. The minimum atomic E-state index is -0.0686. The summed E-state index contributed by atoms with van der Waals surface area (Å²) in [4.78, 5) is 12.3. The van der Waals surface area contributed by atoms with Crippen LogP contribution < -0.4 is 0 Å². The van der Waals surface area contributed by atoms with E-state index >= 15 is 0 Å². The summed E-state index contributed by atoms with van der Waals surface area (Å²) >= 11 is 0. The summed E-state index contributed by atoms with van der Waals surface area (Å²) in [6.45, 7) is 11.3. The van der Waals surface area contributed by atoms with Crippen LogP contribution >= 0.6 is 0 Å². The Morgan fingerprint density at radius 2 is 2.00 bits per heavy atom. The zero-order valence-corrected chi connectivity index (χ0v) is 12.5. The molecule has 1 spiro atoms. The average Bonchev–Trinajstić information content (AvgIpc) is 2.67. The predicted octanol–water partition coefficient (Wildman–Crippen LogP) is 4.37. The van der Waals surface area contributed by atoms with Gasteiger partial charge >= 0.3 is 0 Å². The Morgan fingerprint density at radius 1 is 1.33 bits per heavy atom. The van der Waals surface area contributed by atoms with Crippen LogP contribution in [0.3, 0.4) is 0 Å². The summed E-state index contributed by atoms with van der Waals surface area (Å²) in [6, 6.07) is 0. The second kappa shape index (κ2) is 3.29. The molecule has 0 unspecified atom stereocenters. The van der Waals surface area contributed by atoms with E-state index in [1.165, 1.54) is 12.8 Å². The molecular formula is C17H26O. The first-order valence-electron chi connectivity index (χ1n) is 7.43. The molecule has 0 aliphatic heterocycles. The highest BCUT2D eigenvalue weighted by Crippen LogP contribution is 2.75. The van der Waals surface area contributed by atoms with E-state index in [2.05, 4.69) is 33.8 Å². The third kappa shape index (κ3) is 1.12. The van der Waals surface area contributed by atoms with Gasteiger partial charge in [-0.2, -0.15) is 0 Å². The minimum Gasteiger partial charge on any atom is -0.299 e. The van der Waals surface area contributed by atoms with Crippen LogP contribution in [0.25, 0.3) is 0 Å². The first kappa shape index (κ1) is 12.4. The zero-order valence-electron chi connectivity index (χ0n) is 12.5. The van der Waals surface area contributed by atoms with Gasteiger partial charge in [-0.1, -0.05) is 32.4 Å². The van der Waals surface area contributed by atoms with Crippen LogP contribution in [0.2, 0.25) is 0 Å². The Morgan fingerprint density at radius 3 is 2.61 bits per heavy atom. The summed E-state index contributed by atoms with van der Waals surface area (Å²) in [7, 11) is 0. The van der Waals surface area contributed by atoms with Crippen molar-refractivity contribution in [1.29, 1.82) is 0 Å². The highest BCUT2D eigenvalue weighted by Gasteiger charge is 2.69. The van der Waals surface area contributed by atoms with Crippen LogP contribution in [-0.2, 0) is 4.79 Å². The van der Waals surface area contributed by atoms with Crippen molar-refractivity contribution in [3.05, 3.63) is 11.6 Å². The Balaban J connectivity index is 2.16. The van der Waals surface area contributed by atoms with E-state index in [1.807, 2.05) is 6.92 Å². The van der Waals surface area contributed by atoms with Crippen molar-refractivity contribution in [2.45, 2.75) is 60.3 Å². The molecule has 1 heteroatoms. The molecule has 100 valence electrons. The van der Waals surface area contributed by atoms with E-state index in [4.69, 9.17) is 0 Å². The van der Waals surface area contributed by atoms with Gasteiger partial charge in [0.15, 0.2) is 0 Å². The van der Waals surface area contributed by atoms with E-state index in [0.29, 0.717) is 17.1 Å². The lowest BCUT2D eigenvalue weighted by molar-refractivity contribution is -0.132. The van der Waals surface area contributed by atoms with Crippen LogP contribution in [0.1, 0.15) is 60.3 Å². The fourth-order valence-corrected chi connectivity index (χ4v) is 5.88. The third-order valence-electron chi connectivity index (χ3n) is 7.18. The molecule has 0 aromatic rings. The van der Waals surface area contributed by atoms with Gasteiger partial charge in [0, 0.05) is 5.41 Å². The number of Topliss-reactive ketones (excluding diaryl/α,β-unsaturated/α-hetero) is 1. The normalized spacial score (nSPS) is 48.8. The number of carbonyl (C=O) groups is 1. The van der Waals surface area contributed by atoms with Crippen LogP contribution in [0.15, 0.2) is 11.6 Å². The molecule has 1 nitrogen and oxygen atoms in total. The maximum Gasteiger partial charge on any atom is 0.136 e. The Kier molecular flexibility index (Phi) is 2.28. The quantitative estimate of drug-likeness (QED) is 0.628. The van der Waals surface area contributed by atoms with Gasteiger partial charge in [-0.05, 0) is 62.2 Å². The maximum absolute atomic E-state index is 12.3. The number of carbonyl (C=O) groups excluding carboxylic acids is 1. The monoisotopic (exact) mass is 246 g/mol. The largest absolute Gasteiger partial charge is 0.299 e. The maximum atomic E-state index is 12.3. The fourth-order valence-electron chi connectivity index (χ4n) is 5.88. The van der Waals surface area contributed by atoms with Crippen LogP contribution in [-0.4, -0.2) is 5.78 Å². The molecule has 2 bridgehead atoms. The van der Waals surface area contributed by atoms with E-state index < -0.39 is 0 Å². The first-order valence-corrected chi connectivity index (χ1v) is 7.43. The molecule has 0 amide bonds. The molecule has 2 fully saturated rings. The molecule has 0 N–H and O–H groups in total. The van der Waals surface area contributed by atoms with Gasteiger partial charge < -0.3 is 0 Å². The number of allylic oxidation sites excluding steroid dienone is 2. The van der Waals surface area contributed by atoms with Gasteiger partial charge in [-0.25, -0.2) is 0 Å². The Labute approximate surface area is 111 Å². The topological polar surface area (TPSA) is 17.1 Å². The molecule has 0 saturated heterocycles. The second-order valence-electron chi connectivity index (χ2n) is 7.87. The predicted molar refractivity (Wildman–Crippen MR) is 74.2 cm³/mol. The van der Waals surface area contributed by atoms with Gasteiger partial charge in [0.05, 0.1) is 0 Å². The van der Waals surface area contributed by atoms with Crippen molar-refractivity contribution in [2.75, 3.05) is 0 Å². The molecule has 3 aliphatic rings. The highest BCUT2D eigenvalue weighted by atomic mass is 16.1. The van der Waals surface area contributed by atoms with Crippen molar-refractivity contribution < 1.29 is 4.79 Å². The van der Waals surface area contributed by atoms with Crippen molar-refractivity contribution in [2.24, 2.45) is 28.1 Å². The number of hydrogen-bond donors (Lipinski definition) is 0. The summed E-state index contributed by atoms with van der Waals surface area (Å²) in [5, 5.41) is 0. The molecule has 0 aromatic carbocycles. The fraction of sp³-hybridized carbons (Fsp3) is 0.824. The molecule has 18 heavy (non-hydrogen) atoms. The van der Waals surface area contributed by atoms with Gasteiger partial charge in [0.1, 0.15) is 5.78 Å². The number of ketones is 1. The van der Waals surface area contributed by atoms with Crippen molar-refractivity contribution in [3.8, 4) is 0 Å². The zero-order chi connectivity index (χ0) is 13.3. The summed E-state index contributed by atoms with van der Waals surface area (Å²) in [5.74, 6) is 1.86. The van der Waals surface area contributed by atoms with Gasteiger partial charge in [-0.3, -0.25) is 4.79 Å². The Bertz CT molecular complexity index is 445. The smallest absolute Gasteiger partial charge is 0.136 e. The van der Waals surface area contributed by atoms with Crippen LogP contribution in [0.5, 0.6) is 0 Å². The lowest BCUT2D eigenvalue weighted by Crippen LogP contribution is -2.43. The lowest BCUT2D eigenvalue weighted by atomic mass is 9.58. The molecular weight excluding hydrogens is 220 g/mol. The van der Waals surface area contributed by atoms with Crippen molar-refractivity contribution in [1.82, 2.24) is 0 Å².